The smallest absolute Gasteiger partial charge is 0.305 e. The number of esters is 1. The van der Waals surface area contributed by atoms with E-state index in [1.807, 2.05) is 0 Å². The first kappa shape index (κ1) is 38.9. The van der Waals surface area contributed by atoms with E-state index < -0.39 is 0 Å². The van der Waals surface area contributed by atoms with Crippen LogP contribution in [0.3, 0.4) is 0 Å². The molecule has 0 aromatic carbocycles. The maximum Gasteiger partial charge on any atom is 0.305 e. The monoisotopic (exact) mass is 562 g/mol. The second-order valence-corrected chi connectivity index (χ2v) is 11.9. The van der Waals surface area contributed by atoms with E-state index in [1.54, 1.807) is 0 Å². The Hall–Kier alpha value is -1.09. The van der Waals surface area contributed by atoms with Crippen molar-refractivity contribution >= 4 is 5.97 Å². The molecule has 3 heteroatoms. The zero-order valence-corrected chi connectivity index (χ0v) is 27.6. The molecule has 0 unspecified atom stereocenters. The fraction of sp³-hybridized carbons (Fsp3) is 0.865. The molecule has 0 rings (SSSR count). The lowest BCUT2D eigenvalue weighted by molar-refractivity contribution is -0.143. The van der Waals surface area contributed by atoms with Crippen LogP contribution in [0.1, 0.15) is 181 Å². The van der Waals surface area contributed by atoms with E-state index in [9.17, 15) is 4.79 Å². The molecular formula is C37H71NO2. The molecule has 3 nitrogen and oxygen atoms in total. The van der Waals surface area contributed by atoms with E-state index >= 15 is 0 Å². The molecule has 0 heterocycles. The van der Waals surface area contributed by atoms with Crippen LogP contribution in [-0.4, -0.2) is 37.1 Å². The molecule has 0 bridgehead atoms. The minimum absolute atomic E-state index is 0.0106. The molecule has 0 aromatic heterocycles. The van der Waals surface area contributed by atoms with Gasteiger partial charge in [-0.25, -0.2) is 0 Å². The van der Waals surface area contributed by atoms with Crippen LogP contribution in [0.25, 0.3) is 0 Å². The molecule has 0 N–H and O–H groups in total. The van der Waals surface area contributed by atoms with Crippen molar-refractivity contribution in [3.05, 3.63) is 24.3 Å². The first-order valence-electron chi connectivity index (χ1n) is 17.9. The third-order valence-corrected chi connectivity index (χ3v) is 7.99. The normalized spacial score (nSPS) is 11.9. The zero-order valence-electron chi connectivity index (χ0n) is 27.6. The number of ether oxygens (including phenoxy) is 1. The number of hydrogen-bond donors (Lipinski definition) is 0. The molecule has 40 heavy (non-hydrogen) atoms. The summed E-state index contributed by atoms with van der Waals surface area (Å²) >= 11 is 0. The van der Waals surface area contributed by atoms with Crippen molar-refractivity contribution in [3.63, 3.8) is 0 Å². The Morgan fingerprint density at radius 3 is 1.55 bits per heavy atom. The van der Waals surface area contributed by atoms with Crippen LogP contribution in [0.5, 0.6) is 0 Å². The van der Waals surface area contributed by atoms with E-state index in [0.29, 0.717) is 13.0 Å². The largest absolute Gasteiger partial charge is 0.466 e. The molecule has 0 spiro atoms. The fourth-order valence-corrected chi connectivity index (χ4v) is 5.20. The second kappa shape index (κ2) is 34.1. The zero-order chi connectivity index (χ0) is 29.2. The van der Waals surface area contributed by atoms with Crippen LogP contribution < -0.4 is 0 Å². The van der Waals surface area contributed by atoms with Gasteiger partial charge in [-0.15, -0.1) is 0 Å². The van der Waals surface area contributed by atoms with E-state index in [2.05, 4.69) is 50.0 Å². The van der Waals surface area contributed by atoms with Crippen molar-refractivity contribution in [3.8, 4) is 0 Å². The highest BCUT2D eigenvalue weighted by atomic mass is 16.5. The minimum Gasteiger partial charge on any atom is -0.466 e. The van der Waals surface area contributed by atoms with Gasteiger partial charge in [0, 0.05) is 6.42 Å². The van der Waals surface area contributed by atoms with Crippen molar-refractivity contribution < 1.29 is 9.53 Å². The second-order valence-electron chi connectivity index (χ2n) is 11.9. The summed E-state index contributed by atoms with van der Waals surface area (Å²) in [5.41, 5.74) is 0. The lowest BCUT2D eigenvalue weighted by atomic mass is 10.1. The number of hydrogen-bond acceptors (Lipinski definition) is 3. The quantitative estimate of drug-likeness (QED) is 0.0464. The Labute approximate surface area is 252 Å². The van der Waals surface area contributed by atoms with Gasteiger partial charge in [-0.3, -0.25) is 4.79 Å². The van der Waals surface area contributed by atoms with Gasteiger partial charge in [0.2, 0.25) is 0 Å². The Morgan fingerprint density at radius 1 is 0.525 bits per heavy atom. The Balaban J connectivity index is 3.42. The molecule has 0 saturated carbocycles. The first-order chi connectivity index (χ1) is 19.7. The van der Waals surface area contributed by atoms with Gasteiger partial charge < -0.3 is 9.64 Å². The summed E-state index contributed by atoms with van der Waals surface area (Å²) in [6.07, 6.45) is 40.6. The molecule has 0 radical (unpaired) electrons. The maximum atomic E-state index is 11.9. The van der Waals surface area contributed by atoms with Gasteiger partial charge in [0.15, 0.2) is 0 Å². The molecule has 0 fully saturated rings. The third-order valence-electron chi connectivity index (χ3n) is 7.99. The summed E-state index contributed by atoms with van der Waals surface area (Å²) in [5, 5.41) is 0. The van der Waals surface area contributed by atoms with Crippen LogP contribution >= 0.6 is 0 Å². The van der Waals surface area contributed by atoms with Gasteiger partial charge in [0.25, 0.3) is 0 Å². The van der Waals surface area contributed by atoms with Crippen LogP contribution in [0.2, 0.25) is 0 Å². The SMILES string of the molecule is CCCCC/C=C\C/C=C\CCCCCCCCN(CC)CCCCCCCC(=O)OCCCCCCCCC. The summed E-state index contributed by atoms with van der Waals surface area (Å²) in [6, 6.07) is 0. The van der Waals surface area contributed by atoms with Crippen LogP contribution in [-0.2, 0) is 9.53 Å². The highest BCUT2D eigenvalue weighted by Gasteiger charge is 2.04. The van der Waals surface area contributed by atoms with Gasteiger partial charge >= 0.3 is 5.97 Å². The lowest BCUT2D eigenvalue weighted by Crippen LogP contribution is -2.25. The maximum absolute atomic E-state index is 11.9. The highest BCUT2D eigenvalue weighted by molar-refractivity contribution is 5.69. The molecule has 0 aliphatic carbocycles. The molecule has 0 aliphatic rings. The molecule has 236 valence electrons. The van der Waals surface area contributed by atoms with Crippen LogP contribution in [0.4, 0.5) is 0 Å². The van der Waals surface area contributed by atoms with E-state index in [0.717, 1.165) is 25.7 Å². The molecule has 0 amide bonds. The summed E-state index contributed by atoms with van der Waals surface area (Å²) in [6.45, 7) is 11.1. The predicted molar refractivity (Wildman–Crippen MR) is 178 cm³/mol. The summed E-state index contributed by atoms with van der Waals surface area (Å²) < 4.78 is 5.40. The molecule has 0 aromatic rings. The molecular weight excluding hydrogens is 490 g/mol. The summed E-state index contributed by atoms with van der Waals surface area (Å²) in [4.78, 5) is 14.5. The number of unbranched alkanes of at least 4 members (excludes halogenated alkanes) is 19. The molecule has 0 aliphatic heterocycles. The summed E-state index contributed by atoms with van der Waals surface area (Å²) in [7, 11) is 0. The third kappa shape index (κ3) is 31.4. The lowest BCUT2D eigenvalue weighted by Gasteiger charge is -2.20. The fourth-order valence-electron chi connectivity index (χ4n) is 5.20. The topological polar surface area (TPSA) is 29.5 Å². The summed E-state index contributed by atoms with van der Waals surface area (Å²) in [5.74, 6) is 0.0106. The van der Waals surface area contributed by atoms with Crippen molar-refractivity contribution in [1.82, 2.24) is 4.90 Å². The average Bonchev–Trinajstić information content (AvgIpc) is 2.96. The van der Waals surface area contributed by atoms with Crippen molar-refractivity contribution in [1.29, 1.82) is 0 Å². The number of nitrogens with zero attached hydrogens (tertiary/aromatic N) is 1. The number of allylic oxidation sites excluding steroid dienone is 4. The van der Waals surface area contributed by atoms with Crippen molar-refractivity contribution in [2.75, 3.05) is 26.2 Å². The first-order valence-corrected chi connectivity index (χ1v) is 17.9. The van der Waals surface area contributed by atoms with Crippen LogP contribution in [0.15, 0.2) is 24.3 Å². The number of rotatable bonds is 32. The Kier molecular flexibility index (Phi) is 33.2. The standard InChI is InChI=1S/C37H71NO2/c1-4-7-9-11-13-14-15-16-17-18-19-20-21-22-26-30-34-38(6-3)35-31-27-24-25-29-33-37(39)40-36-32-28-23-12-10-8-5-2/h13-14,16-17H,4-12,15,18-36H2,1-3H3/b14-13-,17-16-. The Bertz CT molecular complexity index is 556. The molecule has 0 saturated heterocycles. The van der Waals surface area contributed by atoms with Gasteiger partial charge in [-0.05, 0) is 77.4 Å². The van der Waals surface area contributed by atoms with E-state index in [1.165, 1.54) is 148 Å². The molecule has 0 atom stereocenters. The average molecular weight is 562 g/mol. The van der Waals surface area contributed by atoms with E-state index in [4.69, 9.17) is 4.74 Å². The number of carbonyl (C=O) groups excluding carboxylic acids is 1. The van der Waals surface area contributed by atoms with E-state index in [-0.39, 0.29) is 5.97 Å². The predicted octanol–water partition coefficient (Wildman–Crippen LogP) is 11.8. The van der Waals surface area contributed by atoms with Gasteiger partial charge in [0.05, 0.1) is 6.61 Å². The van der Waals surface area contributed by atoms with Crippen LogP contribution in [0, 0.1) is 0 Å². The van der Waals surface area contributed by atoms with Crippen molar-refractivity contribution in [2.45, 2.75) is 181 Å². The van der Waals surface area contributed by atoms with Gasteiger partial charge in [0.1, 0.15) is 0 Å². The highest BCUT2D eigenvalue weighted by Crippen LogP contribution is 2.11. The van der Waals surface area contributed by atoms with Gasteiger partial charge in [-0.1, -0.05) is 141 Å². The van der Waals surface area contributed by atoms with Crippen molar-refractivity contribution in [2.24, 2.45) is 0 Å². The van der Waals surface area contributed by atoms with Gasteiger partial charge in [-0.2, -0.15) is 0 Å². The minimum atomic E-state index is 0.0106. The number of carbonyl (C=O) groups is 1. The Morgan fingerprint density at radius 2 is 0.975 bits per heavy atom.